The Balaban J connectivity index is 1.47. The minimum atomic E-state index is -0.154. The molecule has 27 heavy (non-hydrogen) atoms. The molecular formula is C22H19ClN2O2. The summed E-state index contributed by atoms with van der Waals surface area (Å²) in [5.74, 6) is 0.596. The highest BCUT2D eigenvalue weighted by molar-refractivity contribution is 6.30. The monoisotopic (exact) mass is 378 g/mol. The Bertz CT molecular complexity index is 909. The van der Waals surface area contributed by atoms with Crippen molar-refractivity contribution < 1.29 is 9.53 Å². The zero-order valence-corrected chi connectivity index (χ0v) is 15.4. The topological polar surface area (TPSA) is 50.7 Å². The Morgan fingerprint density at radius 2 is 1.70 bits per heavy atom. The van der Waals surface area contributed by atoms with Gasteiger partial charge in [0, 0.05) is 5.02 Å². The fourth-order valence-electron chi connectivity index (χ4n) is 2.44. The van der Waals surface area contributed by atoms with Gasteiger partial charge >= 0.3 is 0 Å². The molecular weight excluding hydrogens is 360 g/mol. The Kier molecular flexibility index (Phi) is 6.61. The van der Waals surface area contributed by atoms with Gasteiger partial charge in [0.25, 0.3) is 0 Å². The van der Waals surface area contributed by atoms with E-state index in [0.29, 0.717) is 18.1 Å². The number of hydrogen-bond acceptors (Lipinski definition) is 3. The van der Waals surface area contributed by atoms with Gasteiger partial charge in [-0.3, -0.25) is 4.79 Å². The highest BCUT2D eigenvalue weighted by atomic mass is 35.5. The van der Waals surface area contributed by atoms with Crippen LogP contribution in [0.4, 0.5) is 0 Å². The third kappa shape index (κ3) is 6.28. The lowest BCUT2D eigenvalue weighted by Gasteiger charge is -2.06. The van der Waals surface area contributed by atoms with E-state index in [1.165, 1.54) is 0 Å². The van der Waals surface area contributed by atoms with Crippen molar-refractivity contribution in [3.63, 3.8) is 0 Å². The van der Waals surface area contributed by atoms with Crippen LogP contribution in [0.5, 0.6) is 5.75 Å². The normalized spacial score (nSPS) is 10.7. The second-order valence-electron chi connectivity index (χ2n) is 5.94. The molecule has 0 unspecified atom stereocenters. The second kappa shape index (κ2) is 9.55. The number of carbonyl (C=O) groups excluding carboxylic acids is 1. The lowest BCUT2D eigenvalue weighted by molar-refractivity contribution is -0.120. The molecule has 1 N–H and O–H groups in total. The van der Waals surface area contributed by atoms with Crippen molar-refractivity contribution in [2.24, 2.45) is 5.10 Å². The van der Waals surface area contributed by atoms with Crippen LogP contribution in [-0.2, 0) is 17.8 Å². The SMILES string of the molecule is O=C(Cc1ccccc1)N/N=C\c1ccc(OCc2cccc(Cl)c2)cc1. The average Bonchev–Trinajstić information content (AvgIpc) is 2.68. The maximum absolute atomic E-state index is 11.8. The van der Waals surface area contributed by atoms with E-state index in [1.54, 1.807) is 6.21 Å². The third-order valence-electron chi connectivity index (χ3n) is 3.79. The molecule has 0 bridgehead atoms. The molecule has 0 saturated carbocycles. The number of nitrogens with zero attached hydrogens (tertiary/aromatic N) is 1. The smallest absolute Gasteiger partial charge is 0.244 e. The third-order valence-corrected chi connectivity index (χ3v) is 4.02. The predicted molar refractivity (Wildman–Crippen MR) is 108 cm³/mol. The van der Waals surface area contributed by atoms with E-state index in [1.807, 2.05) is 78.9 Å². The molecule has 3 aromatic rings. The molecule has 0 saturated heterocycles. The van der Waals surface area contributed by atoms with E-state index in [2.05, 4.69) is 10.5 Å². The number of nitrogens with one attached hydrogen (secondary N) is 1. The Labute approximate surface area is 163 Å². The van der Waals surface area contributed by atoms with E-state index in [0.717, 1.165) is 22.4 Å². The highest BCUT2D eigenvalue weighted by Crippen LogP contribution is 2.15. The molecule has 0 aliphatic heterocycles. The first-order chi connectivity index (χ1) is 13.2. The molecule has 3 aromatic carbocycles. The minimum absolute atomic E-state index is 0.154. The first kappa shape index (κ1) is 18.7. The fraction of sp³-hybridized carbons (Fsp3) is 0.0909. The summed E-state index contributed by atoms with van der Waals surface area (Å²) in [6.45, 7) is 0.448. The Morgan fingerprint density at radius 3 is 2.44 bits per heavy atom. The van der Waals surface area contributed by atoms with Gasteiger partial charge in [0.15, 0.2) is 0 Å². The number of amides is 1. The molecule has 0 aliphatic rings. The van der Waals surface area contributed by atoms with Gasteiger partial charge in [0.1, 0.15) is 12.4 Å². The second-order valence-corrected chi connectivity index (χ2v) is 6.38. The maximum atomic E-state index is 11.8. The quantitative estimate of drug-likeness (QED) is 0.482. The van der Waals surface area contributed by atoms with Gasteiger partial charge in [-0.1, -0.05) is 54.1 Å². The molecule has 0 fully saturated rings. The van der Waals surface area contributed by atoms with Gasteiger partial charge in [-0.25, -0.2) is 5.43 Å². The molecule has 0 atom stereocenters. The van der Waals surface area contributed by atoms with Crippen LogP contribution in [0.2, 0.25) is 5.02 Å². The number of hydrazone groups is 1. The summed E-state index contributed by atoms with van der Waals surface area (Å²) in [5.41, 5.74) is 5.36. The lowest BCUT2D eigenvalue weighted by atomic mass is 10.1. The molecule has 3 rings (SSSR count). The van der Waals surface area contributed by atoms with E-state index in [9.17, 15) is 4.79 Å². The van der Waals surface area contributed by atoms with Gasteiger partial charge < -0.3 is 4.74 Å². The summed E-state index contributed by atoms with van der Waals surface area (Å²) >= 11 is 5.96. The number of carbonyl (C=O) groups is 1. The Morgan fingerprint density at radius 1 is 0.963 bits per heavy atom. The summed E-state index contributed by atoms with van der Waals surface area (Å²) in [5, 5.41) is 4.68. The highest BCUT2D eigenvalue weighted by Gasteiger charge is 2.01. The van der Waals surface area contributed by atoms with Crippen molar-refractivity contribution in [3.8, 4) is 5.75 Å². The zero-order valence-electron chi connectivity index (χ0n) is 14.6. The van der Waals surface area contributed by atoms with Gasteiger partial charge in [0.2, 0.25) is 5.91 Å². The number of benzene rings is 3. The van der Waals surface area contributed by atoms with Crippen LogP contribution < -0.4 is 10.2 Å². The van der Waals surface area contributed by atoms with Gasteiger partial charge in [0.05, 0.1) is 12.6 Å². The largest absolute Gasteiger partial charge is 0.489 e. The molecule has 4 nitrogen and oxygen atoms in total. The van der Waals surface area contributed by atoms with E-state index >= 15 is 0 Å². The lowest BCUT2D eigenvalue weighted by Crippen LogP contribution is -2.19. The summed E-state index contributed by atoms with van der Waals surface area (Å²) in [6.07, 6.45) is 1.90. The van der Waals surface area contributed by atoms with E-state index in [4.69, 9.17) is 16.3 Å². The summed E-state index contributed by atoms with van der Waals surface area (Å²) in [4.78, 5) is 11.8. The summed E-state index contributed by atoms with van der Waals surface area (Å²) in [7, 11) is 0. The number of hydrogen-bond donors (Lipinski definition) is 1. The minimum Gasteiger partial charge on any atom is -0.489 e. The van der Waals surface area contributed by atoms with Gasteiger partial charge in [-0.05, 0) is 53.1 Å². The maximum Gasteiger partial charge on any atom is 0.244 e. The first-order valence-corrected chi connectivity index (χ1v) is 8.90. The van der Waals surface area contributed by atoms with Gasteiger partial charge in [-0.2, -0.15) is 5.10 Å². The Hall–Kier alpha value is -3.11. The molecule has 5 heteroatoms. The number of rotatable bonds is 7. The molecule has 1 amide bonds. The molecule has 0 heterocycles. The molecule has 0 aromatic heterocycles. The van der Waals surface area contributed by atoms with Crippen molar-refractivity contribution in [1.29, 1.82) is 0 Å². The van der Waals surface area contributed by atoms with Crippen molar-refractivity contribution in [2.75, 3.05) is 0 Å². The number of halogens is 1. The van der Waals surface area contributed by atoms with Crippen molar-refractivity contribution in [3.05, 3.63) is 101 Å². The number of ether oxygens (including phenoxy) is 1. The summed E-state index contributed by atoms with van der Waals surface area (Å²) < 4.78 is 5.74. The summed E-state index contributed by atoms with van der Waals surface area (Å²) in [6, 6.07) is 24.6. The predicted octanol–water partition coefficient (Wildman–Crippen LogP) is 4.61. The van der Waals surface area contributed by atoms with Crippen LogP contribution in [0.3, 0.4) is 0 Å². The fourth-order valence-corrected chi connectivity index (χ4v) is 2.66. The molecule has 0 radical (unpaired) electrons. The average molecular weight is 379 g/mol. The first-order valence-electron chi connectivity index (χ1n) is 8.52. The molecule has 0 spiro atoms. The molecule has 0 aliphatic carbocycles. The van der Waals surface area contributed by atoms with E-state index in [-0.39, 0.29) is 5.91 Å². The van der Waals surface area contributed by atoms with Crippen LogP contribution in [0.25, 0.3) is 0 Å². The van der Waals surface area contributed by atoms with Crippen LogP contribution >= 0.6 is 11.6 Å². The van der Waals surface area contributed by atoms with Crippen LogP contribution in [0.1, 0.15) is 16.7 Å². The van der Waals surface area contributed by atoms with Crippen LogP contribution in [-0.4, -0.2) is 12.1 Å². The van der Waals surface area contributed by atoms with Crippen molar-refractivity contribution >= 4 is 23.7 Å². The molecule has 136 valence electrons. The van der Waals surface area contributed by atoms with Crippen molar-refractivity contribution in [2.45, 2.75) is 13.0 Å². The van der Waals surface area contributed by atoms with Crippen LogP contribution in [0, 0.1) is 0 Å². The van der Waals surface area contributed by atoms with E-state index < -0.39 is 0 Å². The van der Waals surface area contributed by atoms with Crippen LogP contribution in [0.15, 0.2) is 84.0 Å². The zero-order chi connectivity index (χ0) is 18.9. The van der Waals surface area contributed by atoms with Gasteiger partial charge in [-0.15, -0.1) is 0 Å². The standard InChI is InChI=1S/C22H19ClN2O2/c23-20-8-4-7-19(13-20)16-27-21-11-9-18(10-12-21)15-24-25-22(26)14-17-5-2-1-3-6-17/h1-13,15H,14,16H2,(H,25,26)/b24-15-. The van der Waals surface area contributed by atoms with Crippen molar-refractivity contribution in [1.82, 2.24) is 5.43 Å².